The quantitative estimate of drug-likeness (QED) is 0.371. The first-order valence-electron chi connectivity index (χ1n) is 8.63. The summed E-state index contributed by atoms with van der Waals surface area (Å²) in [5.41, 5.74) is 0.650. The van der Waals surface area contributed by atoms with Crippen LogP contribution in [-0.4, -0.2) is 34.1 Å². The molecule has 144 valence electrons. The predicted molar refractivity (Wildman–Crippen MR) is 101 cm³/mol. The minimum Gasteiger partial charge on any atom is -0.319 e. The Morgan fingerprint density at radius 3 is 2.39 bits per heavy atom. The number of Topliss-reactive ketones (excluding diaryl/α,β-unsaturated/α-hetero) is 1. The maximum atomic E-state index is 12.9. The number of carbonyl (C=O) groups is 3. The summed E-state index contributed by atoms with van der Waals surface area (Å²) < 4.78 is 0. The van der Waals surface area contributed by atoms with Crippen LogP contribution in [0.15, 0.2) is 42.5 Å². The highest BCUT2D eigenvalue weighted by molar-refractivity contribution is 6.11. The third kappa shape index (κ3) is 3.24. The third-order valence-electron chi connectivity index (χ3n) is 4.93. The molecule has 2 aromatic carbocycles. The standard InChI is InChI=1S/C20H19N3O5/c1-12-4-8-15(9-5-12)20(3)18(25)22(19(26)21-20)11-17(24)14-7-6-13(2)16(10-14)23(27)28/h4-10H,11H2,1-3H3,(H,21,26)/t20-/m0/s1. The predicted octanol–water partition coefficient (Wildman–Crippen LogP) is 2.86. The maximum absolute atomic E-state index is 12.9. The lowest BCUT2D eigenvalue weighted by Crippen LogP contribution is -2.41. The number of benzene rings is 2. The van der Waals surface area contributed by atoms with Gasteiger partial charge in [-0.15, -0.1) is 0 Å². The number of hydrogen-bond acceptors (Lipinski definition) is 5. The molecule has 1 saturated heterocycles. The lowest BCUT2D eigenvalue weighted by atomic mass is 9.91. The van der Waals surface area contributed by atoms with Gasteiger partial charge in [0.05, 0.1) is 11.5 Å². The first-order chi connectivity index (χ1) is 13.1. The van der Waals surface area contributed by atoms with Crippen LogP contribution in [0.5, 0.6) is 0 Å². The molecule has 0 aliphatic carbocycles. The SMILES string of the molecule is Cc1ccc([C@]2(C)NC(=O)N(CC(=O)c3ccc(C)c([N+](=O)[O-])c3)C2=O)cc1. The van der Waals surface area contributed by atoms with Crippen molar-refractivity contribution in [3.8, 4) is 0 Å². The van der Waals surface area contributed by atoms with Gasteiger partial charge in [0.15, 0.2) is 5.78 Å². The van der Waals surface area contributed by atoms with Gasteiger partial charge in [-0.3, -0.25) is 24.6 Å². The largest absolute Gasteiger partial charge is 0.325 e. The molecule has 1 heterocycles. The highest BCUT2D eigenvalue weighted by atomic mass is 16.6. The first-order valence-corrected chi connectivity index (χ1v) is 8.63. The summed E-state index contributed by atoms with van der Waals surface area (Å²) in [5, 5.41) is 13.7. The fraction of sp³-hybridized carbons (Fsp3) is 0.250. The Balaban J connectivity index is 1.85. The zero-order valence-corrected chi connectivity index (χ0v) is 15.7. The van der Waals surface area contributed by atoms with Gasteiger partial charge in [0.2, 0.25) is 0 Å². The van der Waals surface area contributed by atoms with Crippen molar-refractivity contribution in [1.82, 2.24) is 10.2 Å². The van der Waals surface area contributed by atoms with E-state index < -0.39 is 34.7 Å². The summed E-state index contributed by atoms with van der Waals surface area (Å²) in [5.74, 6) is -1.10. The summed E-state index contributed by atoms with van der Waals surface area (Å²) in [4.78, 5) is 49.2. The molecule has 3 amide bonds. The molecule has 1 aliphatic heterocycles. The van der Waals surface area contributed by atoms with Crippen molar-refractivity contribution >= 4 is 23.4 Å². The Kier molecular flexibility index (Phi) is 4.72. The second-order valence-electron chi connectivity index (χ2n) is 6.99. The number of hydrogen-bond donors (Lipinski definition) is 1. The average molecular weight is 381 g/mol. The van der Waals surface area contributed by atoms with E-state index in [0.29, 0.717) is 11.1 Å². The van der Waals surface area contributed by atoms with Crippen LogP contribution in [0.4, 0.5) is 10.5 Å². The number of carbonyl (C=O) groups excluding carboxylic acids is 3. The van der Waals surface area contributed by atoms with Gasteiger partial charge in [0.1, 0.15) is 5.54 Å². The van der Waals surface area contributed by atoms with E-state index in [2.05, 4.69) is 5.32 Å². The van der Waals surface area contributed by atoms with Gasteiger partial charge in [-0.05, 0) is 26.3 Å². The van der Waals surface area contributed by atoms with Crippen molar-refractivity contribution in [2.24, 2.45) is 0 Å². The summed E-state index contributed by atoms with van der Waals surface area (Å²) in [6, 6.07) is 10.6. The van der Waals surface area contributed by atoms with Crippen LogP contribution in [-0.2, 0) is 10.3 Å². The van der Waals surface area contributed by atoms with Crippen molar-refractivity contribution in [2.45, 2.75) is 26.3 Å². The zero-order valence-electron chi connectivity index (χ0n) is 15.7. The molecule has 1 aliphatic rings. The highest BCUT2D eigenvalue weighted by Gasteiger charge is 2.49. The average Bonchev–Trinajstić information content (AvgIpc) is 2.86. The lowest BCUT2D eigenvalue weighted by Gasteiger charge is -2.22. The van der Waals surface area contributed by atoms with Crippen LogP contribution in [0.1, 0.15) is 34.0 Å². The molecule has 1 atom stereocenters. The van der Waals surface area contributed by atoms with Gasteiger partial charge >= 0.3 is 6.03 Å². The summed E-state index contributed by atoms with van der Waals surface area (Å²) in [6.07, 6.45) is 0. The smallest absolute Gasteiger partial charge is 0.319 e. The van der Waals surface area contributed by atoms with E-state index in [0.717, 1.165) is 16.5 Å². The molecular formula is C20H19N3O5. The van der Waals surface area contributed by atoms with Gasteiger partial charge in [0.25, 0.3) is 11.6 Å². The molecule has 0 aromatic heterocycles. The molecular weight excluding hydrogens is 362 g/mol. The van der Waals surface area contributed by atoms with Crippen LogP contribution < -0.4 is 5.32 Å². The second kappa shape index (κ2) is 6.88. The van der Waals surface area contributed by atoms with Crippen molar-refractivity contribution in [1.29, 1.82) is 0 Å². The Bertz CT molecular complexity index is 999. The topological polar surface area (TPSA) is 110 Å². The second-order valence-corrected chi connectivity index (χ2v) is 6.99. The fourth-order valence-electron chi connectivity index (χ4n) is 3.14. The zero-order chi connectivity index (χ0) is 20.6. The fourth-order valence-corrected chi connectivity index (χ4v) is 3.14. The number of amides is 3. The number of imide groups is 1. The molecule has 8 nitrogen and oxygen atoms in total. The summed E-state index contributed by atoms with van der Waals surface area (Å²) in [6.45, 7) is 4.56. The van der Waals surface area contributed by atoms with E-state index in [1.54, 1.807) is 26.0 Å². The maximum Gasteiger partial charge on any atom is 0.325 e. The van der Waals surface area contributed by atoms with Crippen LogP contribution in [0.2, 0.25) is 0 Å². The van der Waals surface area contributed by atoms with Gasteiger partial charge < -0.3 is 5.32 Å². The first kappa shape index (κ1) is 19.2. The number of nitrogens with zero attached hydrogens (tertiary/aromatic N) is 2. The molecule has 0 bridgehead atoms. The molecule has 3 rings (SSSR count). The van der Waals surface area contributed by atoms with Crippen molar-refractivity contribution in [3.05, 3.63) is 74.8 Å². The Labute approximate surface area is 161 Å². The third-order valence-corrected chi connectivity index (χ3v) is 4.93. The van der Waals surface area contributed by atoms with Gasteiger partial charge in [-0.25, -0.2) is 4.79 Å². The minimum absolute atomic E-state index is 0.0711. The molecule has 0 spiro atoms. The molecule has 8 heteroatoms. The van der Waals surface area contributed by atoms with E-state index in [1.165, 1.54) is 12.1 Å². The van der Waals surface area contributed by atoms with Crippen LogP contribution >= 0.6 is 0 Å². The van der Waals surface area contributed by atoms with Crippen molar-refractivity contribution < 1.29 is 19.3 Å². The van der Waals surface area contributed by atoms with Gasteiger partial charge in [-0.2, -0.15) is 0 Å². The van der Waals surface area contributed by atoms with Crippen LogP contribution in [0, 0.1) is 24.0 Å². The number of nitro benzene ring substituents is 1. The number of aryl methyl sites for hydroxylation is 2. The Morgan fingerprint density at radius 1 is 1.14 bits per heavy atom. The van der Waals surface area contributed by atoms with Crippen LogP contribution in [0.25, 0.3) is 0 Å². The molecule has 2 aromatic rings. The van der Waals surface area contributed by atoms with Crippen molar-refractivity contribution in [3.63, 3.8) is 0 Å². The number of rotatable bonds is 5. The normalized spacial score (nSPS) is 18.9. The molecule has 28 heavy (non-hydrogen) atoms. The van der Waals surface area contributed by atoms with Gasteiger partial charge in [0, 0.05) is 17.2 Å². The van der Waals surface area contributed by atoms with Crippen molar-refractivity contribution in [2.75, 3.05) is 6.54 Å². The van der Waals surface area contributed by atoms with E-state index in [4.69, 9.17) is 0 Å². The Morgan fingerprint density at radius 2 is 1.79 bits per heavy atom. The van der Waals surface area contributed by atoms with E-state index in [9.17, 15) is 24.5 Å². The van der Waals surface area contributed by atoms with Crippen LogP contribution in [0.3, 0.4) is 0 Å². The number of nitro groups is 1. The summed E-state index contributed by atoms with van der Waals surface area (Å²) >= 11 is 0. The Hall–Kier alpha value is -3.55. The molecule has 0 unspecified atom stereocenters. The van der Waals surface area contributed by atoms with E-state index in [-0.39, 0.29) is 11.3 Å². The van der Waals surface area contributed by atoms with E-state index in [1.807, 2.05) is 19.1 Å². The summed E-state index contributed by atoms with van der Waals surface area (Å²) in [7, 11) is 0. The minimum atomic E-state index is -1.27. The molecule has 0 saturated carbocycles. The van der Waals surface area contributed by atoms with E-state index >= 15 is 0 Å². The molecule has 1 N–H and O–H groups in total. The van der Waals surface area contributed by atoms with Gasteiger partial charge in [-0.1, -0.05) is 42.0 Å². The molecule has 0 radical (unpaired) electrons. The lowest BCUT2D eigenvalue weighted by molar-refractivity contribution is -0.385. The number of urea groups is 1. The number of nitrogens with one attached hydrogen (secondary N) is 1. The molecule has 1 fully saturated rings. The number of ketones is 1. The monoisotopic (exact) mass is 381 g/mol. The highest BCUT2D eigenvalue weighted by Crippen LogP contribution is 2.29.